The Kier molecular flexibility index (Phi) is 7.71. The van der Waals surface area contributed by atoms with Crippen LogP contribution in [0.1, 0.15) is 23.1 Å². The summed E-state index contributed by atoms with van der Waals surface area (Å²) in [6.07, 6.45) is 0.498. The van der Waals surface area contributed by atoms with Crippen molar-refractivity contribution in [2.24, 2.45) is 5.73 Å². The summed E-state index contributed by atoms with van der Waals surface area (Å²) >= 11 is 0. The minimum Gasteiger partial charge on any atom is -0.481 e. The van der Waals surface area contributed by atoms with Gasteiger partial charge >= 0.3 is 5.97 Å². The second-order valence-corrected chi connectivity index (χ2v) is 7.79. The summed E-state index contributed by atoms with van der Waals surface area (Å²) in [6.45, 7) is 0.364. The molecule has 0 bridgehead atoms. The van der Waals surface area contributed by atoms with Gasteiger partial charge in [0.1, 0.15) is 5.84 Å². The molecule has 4 rings (SSSR count). The van der Waals surface area contributed by atoms with Crippen molar-refractivity contribution in [3.05, 3.63) is 101 Å². The first-order chi connectivity index (χ1) is 15.9. The number of amidine groups is 1. The number of amides is 1. The molecule has 0 aromatic heterocycles. The fourth-order valence-electron chi connectivity index (χ4n) is 3.79. The fraction of sp³-hybridized carbons (Fsp3) is 0.115. The van der Waals surface area contributed by atoms with Crippen molar-refractivity contribution in [1.82, 2.24) is 0 Å². The number of carbonyl (C=O) groups excluding carboxylic acids is 1. The van der Waals surface area contributed by atoms with Gasteiger partial charge in [0.05, 0.1) is 12.1 Å². The number of nitrogens with two attached hydrogens (primary N) is 1. The van der Waals surface area contributed by atoms with Crippen LogP contribution in [-0.4, -0.2) is 29.4 Å². The van der Waals surface area contributed by atoms with E-state index in [0.29, 0.717) is 29.8 Å². The van der Waals surface area contributed by atoms with E-state index in [2.05, 4.69) is 5.32 Å². The van der Waals surface area contributed by atoms with E-state index < -0.39 is 5.97 Å². The lowest BCUT2D eigenvalue weighted by Gasteiger charge is -2.17. The van der Waals surface area contributed by atoms with E-state index in [1.165, 1.54) is 0 Å². The van der Waals surface area contributed by atoms with Crippen LogP contribution in [0.4, 0.5) is 11.4 Å². The Morgan fingerprint density at radius 3 is 2.24 bits per heavy atom. The van der Waals surface area contributed by atoms with Gasteiger partial charge in [-0.2, -0.15) is 0 Å². The van der Waals surface area contributed by atoms with E-state index in [4.69, 9.17) is 16.2 Å². The van der Waals surface area contributed by atoms with Gasteiger partial charge in [-0.05, 0) is 53.9 Å². The summed E-state index contributed by atoms with van der Waals surface area (Å²) in [5, 5.41) is 19.9. The number of hydrogen-bond acceptors (Lipinski definition) is 4. The number of aryl methyl sites for hydroxylation is 1. The number of rotatable bonds is 8. The number of carboxylic acids is 1. The Hall–Kier alpha value is -4.10. The molecular weight excluding hydrogens is 452 g/mol. The molecule has 0 saturated carbocycles. The van der Waals surface area contributed by atoms with Gasteiger partial charge in [0, 0.05) is 29.1 Å². The fourth-order valence-corrected chi connectivity index (χ4v) is 3.79. The second-order valence-electron chi connectivity index (χ2n) is 7.79. The van der Waals surface area contributed by atoms with Crippen molar-refractivity contribution in [1.29, 1.82) is 5.41 Å². The molecule has 0 atom stereocenters. The highest BCUT2D eigenvalue weighted by Gasteiger charge is 2.32. The molecule has 8 heteroatoms. The Bertz CT molecular complexity index is 1220. The maximum absolute atomic E-state index is 13.5. The zero-order valence-electron chi connectivity index (χ0n) is 18.3. The van der Waals surface area contributed by atoms with Gasteiger partial charge < -0.3 is 21.1 Å². The molecule has 5 N–H and O–H groups in total. The van der Waals surface area contributed by atoms with Gasteiger partial charge in [-0.15, -0.1) is 12.4 Å². The molecule has 1 amide bonds. The van der Waals surface area contributed by atoms with Crippen LogP contribution in [0.3, 0.4) is 0 Å². The first-order valence-corrected chi connectivity index (χ1v) is 10.5. The average Bonchev–Trinajstić information content (AvgIpc) is 3.14. The predicted octanol–water partition coefficient (Wildman–Crippen LogP) is 4.28. The molecule has 174 valence electrons. The van der Waals surface area contributed by atoms with E-state index >= 15 is 0 Å². The van der Waals surface area contributed by atoms with Gasteiger partial charge in [-0.1, -0.05) is 42.5 Å². The number of aliphatic carboxylic acids is 1. The number of nitrogens with one attached hydrogen (secondary N) is 2. The van der Waals surface area contributed by atoms with E-state index in [9.17, 15) is 9.59 Å². The summed E-state index contributed by atoms with van der Waals surface area (Å²) < 4.78 is 0. The van der Waals surface area contributed by atoms with Gasteiger partial charge in [-0.3, -0.25) is 15.0 Å². The van der Waals surface area contributed by atoms with Crippen molar-refractivity contribution in [3.8, 4) is 0 Å². The van der Waals surface area contributed by atoms with Gasteiger partial charge in [0.2, 0.25) is 0 Å². The molecular formula is C26H25ClN4O3. The molecule has 3 aromatic rings. The Balaban J connectivity index is 0.00000324. The molecule has 0 spiro atoms. The zero-order valence-corrected chi connectivity index (χ0v) is 19.1. The molecule has 7 nitrogen and oxygen atoms in total. The van der Waals surface area contributed by atoms with Crippen molar-refractivity contribution >= 4 is 47.1 Å². The number of benzene rings is 3. The number of carbonyl (C=O) groups is 2. The maximum Gasteiger partial charge on any atom is 0.303 e. The minimum atomic E-state index is -0.839. The maximum atomic E-state index is 13.5. The number of nitrogens with zero attached hydrogens (tertiary/aromatic N) is 1. The lowest BCUT2D eigenvalue weighted by Crippen LogP contribution is -2.27. The summed E-state index contributed by atoms with van der Waals surface area (Å²) in [6, 6.07) is 24.1. The molecule has 1 aliphatic rings. The van der Waals surface area contributed by atoms with Crippen molar-refractivity contribution in [2.45, 2.75) is 12.8 Å². The summed E-state index contributed by atoms with van der Waals surface area (Å²) in [7, 11) is 0. The normalized spacial score (nSPS) is 12.9. The van der Waals surface area contributed by atoms with E-state index in [1.54, 1.807) is 29.2 Å². The van der Waals surface area contributed by atoms with Gasteiger partial charge in [0.25, 0.3) is 5.91 Å². The monoisotopic (exact) mass is 476 g/mol. The zero-order chi connectivity index (χ0) is 23.4. The first kappa shape index (κ1) is 24.5. The number of halogens is 1. The van der Waals surface area contributed by atoms with Crippen LogP contribution in [0.15, 0.2) is 84.6 Å². The van der Waals surface area contributed by atoms with Crippen LogP contribution < -0.4 is 16.0 Å². The molecule has 34 heavy (non-hydrogen) atoms. The Morgan fingerprint density at radius 2 is 1.65 bits per heavy atom. The summed E-state index contributed by atoms with van der Waals surface area (Å²) in [5.41, 5.74) is 10.8. The molecule has 0 aliphatic carbocycles. The van der Waals surface area contributed by atoms with Gasteiger partial charge in [0.15, 0.2) is 0 Å². The van der Waals surface area contributed by atoms with Crippen LogP contribution in [0.5, 0.6) is 0 Å². The lowest BCUT2D eigenvalue weighted by molar-refractivity contribution is -0.137. The van der Waals surface area contributed by atoms with Crippen LogP contribution >= 0.6 is 12.4 Å². The summed E-state index contributed by atoms with van der Waals surface area (Å²) in [4.78, 5) is 26.0. The van der Waals surface area contributed by atoms with Crippen molar-refractivity contribution in [2.75, 3.05) is 16.8 Å². The van der Waals surface area contributed by atoms with E-state index in [0.717, 1.165) is 22.5 Å². The van der Waals surface area contributed by atoms with E-state index in [-0.39, 0.29) is 30.6 Å². The Morgan fingerprint density at radius 1 is 1.00 bits per heavy atom. The van der Waals surface area contributed by atoms with Crippen LogP contribution in [0.25, 0.3) is 5.57 Å². The Labute approximate surface area is 203 Å². The molecule has 0 saturated heterocycles. The third kappa shape index (κ3) is 5.44. The predicted molar refractivity (Wildman–Crippen MR) is 136 cm³/mol. The number of carboxylic acid groups (broad SMARTS) is 1. The average molecular weight is 477 g/mol. The highest BCUT2D eigenvalue weighted by Crippen LogP contribution is 2.33. The summed E-state index contributed by atoms with van der Waals surface area (Å²) in [5.74, 6) is -1.00. The van der Waals surface area contributed by atoms with Gasteiger partial charge in [-0.25, -0.2) is 0 Å². The number of hydrogen-bond donors (Lipinski definition) is 4. The third-order valence-corrected chi connectivity index (χ3v) is 5.51. The molecule has 0 unspecified atom stereocenters. The molecule has 3 aromatic carbocycles. The first-order valence-electron chi connectivity index (χ1n) is 10.5. The number of nitrogen functional groups attached to an aromatic ring is 1. The molecule has 1 heterocycles. The lowest BCUT2D eigenvalue weighted by atomic mass is 10.0. The molecule has 0 fully saturated rings. The van der Waals surface area contributed by atoms with Crippen LogP contribution in [-0.2, 0) is 16.0 Å². The second kappa shape index (κ2) is 10.7. The SMILES string of the molecule is Cl.N=C(N)c1ccc(N2CC(Nc3ccccc3)=C(c3ccc(CCC(=O)O)cc3)C2=O)cc1. The van der Waals surface area contributed by atoms with Crippen LogP contribution in [0.2, 0.25) is 0 Å². The standard InChI is InChI=1S/C26H24N4O3.ClH/c27-25(28)19-11-13-21(14-12-19)30-16-22(29-20-4-2-1-3-5-20)24(26(30)33)18-9-6-17(7-10-18)8-15-23(31)32;/h1-7,9-14,29H,8,15-16H2,(H3,27,28)(H,31,32);1H. The number of anilines is 2. The topological polar surface area (TPSA) is 120 Å². The van der Waals surface area contributed by atoms with Crippen molar-refractivity contribution < 1.29 is 14.7 Å². The molecule has 0 radical (unpaired) electrons. The smallest absolute Gasteiger partial charge is 0.303 e. The number of para-hydroxylation sites is 1. The minimum absolute atomic E-state index is 0. The highest BCUT2D eigenvalue weighted by atomic mass is 35.5. The van der Waals surface area contributed by atoms with Crippen LogP contribution in [0, 0.1) is 5.41 Å². The quantitative estimate of drug-likeness (QED) is 0.286. The van der Waals surface area contributed by atoms with E-state index in [1.807, 2.05) is 54.6 Å². The third-order valence-electron chi connectivity index (χ3n) is 5.51. The largest absolute Gasteiger partial charge is 0.481 e. The van der Waals surface area contributed by atoms with Crippen molar-refractivity contribution in [3.63, 3.8) is 0 Å². The highest BCUT2D eigenvalue weighted by molar-refractivity contribution is 6.30. The molecule has 1 aliphatic heterocycles.